The van der Waals surface area contributed by atoms with Crippen LogP contribution in [0.5, 0.6) is 0 Å². The van der Waals surface area contributed by atoms with Crippen molar-refractivity contribution in [3.05, 3.63) is 48.0 Å². The highest BCUT2D eigenvalue weighted by atomic mass is 16.2. The van der Waals surface area contributed by atoms with E-state index in [1.54, 1.807) is 30.5 Å². The third-order valence-electron chi connectivity index (χ3n) is 2.46. The number of rotatable bonds is 4. The number of carbonyl (C=O) groups is 1. The molecule has 1 N–H and O–H groups in total. The number of nitrogens with zero attached hydrogens (tertiary/aromatic N) is 3. The molecule has 1 amide bonds. The van der Waals surface area contributed by atoms with Crippen LogP contribution in [-0.2, 0) is 17.8 Å². The molecule has 5 heteroatoms. The molecule has 2 rings (SSSR count). The molecule has 0 aliphatic rings. The molecule has 0 bridgehead atoms. The Kier molecular flexibility index (Phi) is 3.49. The molecule has 0 spiro atoms. The minimum absolute atomic E-state index is 0.0462. The number of likely N-dealkylation sites (N-methyl/N-ethyl adjacent to an activating group) is 1. The Morgan fingerprint density at radius 3 is 3.00 bits per heavy atom. The summed E-state index contributed by atoms with van der Waals surface area (Å²) >= 11 is 0. The molecule has 0 radical (unpaired) electrons. The van der Waals surface area contributed by atoms with Gasteiger partial charge in [-0.2, -0.15) is 5.10 Å². The maximum atomic E-state index is 11.9. The lowest BCUT2D eigenvalue weighted by atomic mass is 10.2. The van der Waals surface area contributed by atoms with Gasteiger partial charge in [0, 0.05) is 37.2 Å². The Morgan fingerprint density at radius 2 is 2.35 bits per heavy atom. The van der Waals surface area contributed by atoms with Crippen LogP contribution in [-0.4, -0.2) is 33.0 Å². The first-order chi connectivity index (χ1) is 8.25. The van der Waals surface area contributed by atoms with E-state index in [4.69, 9.17) is 0 Å². The van der Waals surface area contributed by atoms with E-state index in [1.807, 2.05) is 18.2 Å². The van der Waals surface area contributed by atoms with Crippen molar-refractivity contribution >= 4 is 5.91 Å². The van der Waals surface area contributed by atoms with Crippen LogP contribution >= 0.6 is 0 Å². The number of H-pyrrole nitrogens is 1. The molecular weight excluding hydrogens is 216 g/mol. The molecule has 2 aromatic rings. The Hall–Kier alpha value is -2.17. The van der Waals surface area contributed by atoms with Gasteiger partial charge in [-0.25, -0.2) is 0 Å². The summed E-state index contributed by atoms with van der Waals surface area (Å²) < 4.78 is 0. The van der Waals surface area contributed by atoms with Gasteiger partial charge in [0.15, 0.2) is 0 Å². The van der Waals surface area contributed by atoms with Gasteiger partial charge in [-0.05, 0) is 12.1 Å². The number of carbonyl (C=O) groups excluding carboxylic acids is 1. The van der Waals surface area contributed by atoms with Gasteiger partial charge in [-0.1, -0.05) is 6.07 Å². The standard InChI is InChI=1S/C12H14N4O/c1-16(9-10-7-14-15-8-10)12(17)6-11-4-2-3-5-13-11/h2-5,7-8H,6,9H2,1H3,(H,14,15). The Morgan fingerprint density at radius 1 is 1.47 bits per heavy atom. The predicted molar refractivity (Wildman–Crippen MR) is 63.0 cm³/mol. The average Bonchev–Trinajstić information content (AvgIpc) is 2.83. The van der Waals surface area contributed by atoms with E-state index in [9.17, 15) is 4.79 Å². The maximum Gasteiger partial charge on any atom is 0.228 e. The largest absolute Gasteiger partial charge is 0.341 e. The van der Waals surface area contributed by atoms with E-state index in [1.165, 1.54) is 0 Å². The minimum Gasteiger partial charge on any atom is -0.341 e. The van der Waals surface area contributed by atoms with Crippen molar-refractivity contribution in [3.8, 4) is 0 Å². The van der Waals surface area contributed by atoms with Gasteiger partial charge in [-0.15, -0.1) is 0 Å². The normalized spacial score (nSPS) is 10.2. The second kappa shape index (κ2) is 5.25. The van der Waals surface area contributed by atoms with Crippen molar-refractivity contribution < 1.29 is 4.79 Å². The van der Waals surface area contributed by atoms with E-state index in [-0.39, 0.29) is 5.91 Å². The molecule has 17 heavy (non-hydrogen) atoms. The van der Waals surface area contributed by atoms with Crippen LogP contribution in [0.2, 0.25) is 0 Å². The fraction of sp³-hybridized carbons (Fsp3) is 0.250. The smallest absolute Gasteiger partial charge is 0.228 e. The highest BCUT2D eigenvalue weighted by Crippen LogP contribution is 2.03. The predicted octanol–water partition coefficient (Wildman–Crippen LogP) is 1.01. The fourth-order valence-electron chi connectivity index (χ4n) is 1.52. The van der Waals surface area contributed by atoms with Gasteiger partial charge in [0.25, 0.3) is 0 Å². The van der Waals surface area contributed by atoms with Gasteiger partial charge >= 0.3 is 0 Å². The molecule has 0 fully saturated rings. The summed E-state index contributed by atoms with van der Waals surface area (Å²) in [5.41, 5.74) is 1.78. The van der Waals surface area contributed by atoms with Crippen LogP contribution in [0.25, 0.3) is 0 Å². The number of aromatic nitrogens is 3. The molecular formula is C12H14N4O. The third-order valence-corrected chi connectivity index (χ3v) is 2.46. The quantitative estimate of drug-likeness (QED) is 0.852. The minimum atomic E-state index is 0.0462. The van der Waals surface area contributed by atoms with Crippen molar-refractivity contribution in [2.24, 2.45) is 0 Å². The topological polar surface area (TPSA) is 61.9 Å². The summed E-state index contributed by atoms with van der Waals surface area (Å²) in [6.07, 6.45) is 5.52. The summed E-state index contributed by atoms with van der Waals surface area (Å²) in [4.78, 5) is 17.7. The van der Waals surface area contributed by atoms with Crippen LogP contribution in [0.1, 0.15) is 11.3 Å². The van der Waals surface area contributed by atoms with Gasteiger partial charge in [0.1, 0.15) is 0 Å². The SMILES string of the molecule is CN(Cc1cn[nH]c1)C(=O)Cc1ccccn1. The molecule has 0 aliphatic heterocycles. The first-order valence-corrected chi connectivity index (χ1v) is 5.37. The lowest BCUT2D eigenvalue weighted by Gasteiger charge is -2.15. The van der Waals surface area contributed by atoms with Crippen molar-refractivity contribution in [1.29, 1.82) is 0 Å². The van der Waals surface area contributed by atoms with Gasteiger partial charge in [0.2, 0.25) is 5.91 Å². The fourth-order valence-corrected chi connectivity index (χ4v) is 1.52. The zero-order valence-corrected chi connectivity index (χ0v) is 9.63. The van der Waals surface area contributed by atoms with Gasteiger partial charge in [-0.3, -0.25) is 14.9 Å². The molecule has 0 saturated heterocycles. The zero-order chi connectivity index (χ0) is 12.1. The Balaban J connectivity index is 1.92. The summed E-state index contributed by atoms with van der Waals surface area (Å²) in [5, 5.41) is 6.57. The monoisotopic (exact) mass is 230 g/mol. The van der Waals surface area contributed by atoms with Gasteiger partial charge in [0.05, 0.1) is 12.6 Å². The maximum absolute atomic E-state index is 11.9. The van der Waals surface area contributed by atoms with Crippen LogP contribution in [0.3, 0.4) is 0 Å². The number of hydrogen-bond donors (Lipinski definition) is 1. The van der Waals surface area contributed by atoms with Crippen molar-refractivity contribution in [2.75, 3.05) is 7.05 Å². The highest BCUT2D eigenvalue weighted by Gasteiger charge is 2.10. The van der Waals surface area contributed by atoms with E-state index >= 15 is 0 Å². The van der Waals surface area contributed by atoms with E-state index in [0.29, 0.717) is 13.0 Å². The molecule has 0 atom stereocenters. The lowest BCUT2D eigenvalue weighted by molar-refractivity contribution is -0.129. The molecule has 88 valence electrons. The first kappa shape index (κ1) is 11.3. The van der Waals surface area contributed by atoms with E-state index < -0.39 is 0 Å². The van der Waals surface area contributed by atoms with Crippen molar-refractivity contribution in [1.82, 2.24) is 20.1 Å². The lowest BCUT2D eigenvalue weighted by Crippen LogP contribution is -2.27. The van der Waals surface area contributed by atoms with Crippen molar-refractivity contribution in [3.63, 3.8) is 0 Å². The van der Waals surface area contributed by atoms with Gasteiger partial charge < -0.3 is 4.90 Å². The average molecular weight is 230 g/mol. The second-order valence-corrected chi connectivity index (χ2v) is 3.85. The summed E-state index contributed by atoms with van der Waals surface area (Å²) in [6, 6.07) is 5.57. The Bertz CT molecular complexity index is 467. The highest BCUT2D eigenvalue weighted by molar-refractivity contribution is 5.78. The number of hydrogen-bond acceptors (Lipinski definition) is 3. The van der Waals surface area contributed by atoms with E-state index in [0.717, 1.165) is 11.3 Å². The summed E-state index contributed by atoms with van der Waals surface area (Å²) in [5.74, 6) is 0.0462. The van der Waals surface area contributed by atoms with Crippen LogP contribution in [0, 0.1) is 0 Å². The molecule has 0 aliphatic carbocycles. The first-order valence-electron chi connectivity index (χ1n) is 5.37. The van der Waals surface area contributed by atoms with Crippen LogP contribution < -0.4 is 0 Å². The molecule has 0 unspecified atom stereocenters. The summed E-state index contributed by atoms with van der Waals surface area (Å²) in [7, 11) is 1.78. The molecule has 0 aromatic carbocycles. The Labute approximate surface area is 99.5 Å². The number of aromatic amines is 1. The molecule has 2 heterocycles. The number of amides is 1. The number of nitrogens with one attached hydrogen (secondary N) is 1. The number of pyridine rings is 1. The van der Waals surface area contributed by atoms with Crippen LogP contribution in [0.15, 0.2) is 36.8 Å². The molecule has 5 nitrogen and oxygen atoms in total. The van der Waals surface area contributed by atoms with Crippen molar-refractivity contribution in [2.45, 2.75) is 13.0 Å². The molecule has 2 aromatic heterocycles. The molecule has 0 saturated carbocycles. The zero-order valence-electron chi connectivity index (χ0n) is 9.63. The summed E-state index contributed by atoms with van der Waals surface area (Å²) in [6.45, 7) is 0.558. The van der Waals surface area contributed by atoms with Crippen LogP contribution in [0.4, 0.5) is 0 Å². The van der Waals surface area contributed by atoms with E-state index in [2.05, 4.69) is 15.2 Å². The third kappa shape index (κ3) is 3.14. The second-order valence-electron chi connectivity index (χ2n) is 3.85.